The SMILES string of the molecule is CNC(=O)CN1CCN([C@H](C)C(=O)Nc2c(C)cc(C)cc2C)CC1. The molecule has 1 aromatic rings. The highest BCUT2D eigenvalue weighted by molar-refractivity contribution is 5.96. The minimum Gasteiger partial charge on any atom is -0.358 e. The Kier molecular flexibility index (Phi) is 6.56. The van der Waals surface area contributed by atoms with Gasteiger partial charge in [0.05, 0.1) is 12.6 Å². The van der Waals surface area contributed by atoms with Crippen LogP contribution in [0.3, 0.4) is 0 Å². The summed E-state index contributed by atoms with van der Waals surface area (Å²) in [5.41, 5.74) is 4.30. The number of nitrogens with one attached hydrogen (secondary N) is 2. The van der Waals surface area contributed by atoms with Crippen LogP contribution in [0, 0.1) is 20.8 Å². The van der Waals surface area contributed by atoms with E-state index in [1.54, 1.807) is 7.05 Å². The normalized spacial score (nSPS) is 17.2. The Bertz CT molecular complexity index is 613. The molecule has 2 amide bonds. The lowest BCUT2D eigenvalue weighted by Gasteiger charge is -2.37. The molecule has 2 N–H and O–H groups in total. The minimum absolute atomic E-state index is 0.0230. The summed E-state index contributed by atoms with van der Waals surface area (Å²) in [6, 6.07) is 3.98. The van der Waals surface area contributed by atoms with Crippen LogP contribution >= 0.6 is 0 Å². The summed E-state index contributed by atoms with van der Waals surface area (Å²) < 4.78 is 0. The molecule has 1 saturated heterocycles. The quantitative estimate of drug-likeness (QED) is 0.844. The molecule has 1 fully saturated rings. The number of rotatable bonds is 5. The van der Waals surface area contributed by atoms with E-state index in [2.05, 4.69) is 39.5 Å². The summed E-state index contributed by atoms with van der Waals surface area (Å²) in [6.07, 6.45) is 0. The standard InChI is InChI=1S/C19H30N4O2/c1-13-10-14(2)18(15(3)11-13)21-19(25)16(4)23-8-6-22(7-9-23)12-17(24)20-5/h10-11,16H,6-9,12H2,1-5H3,(H,20,24)(H,21,25)/t16-/m1/s1. The van der Waals surface area contributed by atoms with E-state index in [9.17, 15) is 9.59 Å². The molecule has 0 unspecified atom stereocenters. The highest BCUT2D eigenvalue weighted by Gasteiger charge is 2.26. The van der Waals surface area contributed by atoms with Crippen LogP contribution in [0.4, 0.5) is 5.69 Å². The van der Waals surface area contributed by atoms with Crippen molar-refractivity contribution in [2.45, 2.75) is 33.7 Å². The van der Waals surface area contributed by atoms with E-state index in [1.165, 1.54) is 5.56 Å². The average Bonchev–Trinajstić information content (AvgIpc) is 2.57. The Balaban J connectivity index is 1.92. The van der Waals surface area contributed by atoms with E-state index >= 15 is 0 Å². The van der Waals surface area contributed by atoms with E-state index in [-0.39, 0.29) is 17.9 Å². The monoisotopic (exact) mass is 346 g/mol. The molecule has 1 atom stereocenters. The third-order valence-corrected chi connectivity index (χ3v) is 4.91. The van der Waals surface area contributed by atoms with E-state index in [0.717, 1.165) is 43.0 Å². The predicted octanol–water partition coefficient (Wildman–Crippen LogP) is 1.30. The number of carbonyl (C=O) groups is 2. The third kappa shape index (κ3) is 5.03. The van der Waals surface area contributed by atoms with Crippen LogP contribution < -0.4 is 10.6 Å². The fraction of sp³-hybridized carbons (Fsp3) is 0.579. The van der Waals surface area contributed by atoms with Gasteiger partial charge in [-0.15, -0.1) is 0 Å². The third-order valence-electron chi connectivity index (χ3n) is 4.91. The lowest BCUT2D eigenvalue weighted by molar-refractivity contribution is -0.124. The van der Waals surface area contributed by atoms with Crippen LogP contribution in [0.25, 0.3) is 0 Å². The summed E-state index contributed by atoms with van der Waals surface area (Å²) in [4.78, 5) is 28.4. The number of benzene rings is 1. The smallest absolute Gasteiger partial charge is 0.241 e. The first-order chi connectivity index (χ1) is 11.8. The summed E-state index contributed by atoms with van der Waals surface area (Å²) in [6.45, 7) is 11.7. The maximum atomic E-state index is 12.7. The van der Waals surface area contributed by atoms with Crippen LogP contribution in [0.2, 0.25) is 0 Å². The number of anilines is 1. The second-order valence-corrected chi connectivity index (χ2v) is 6.92. The molecule has 2 rings (SSSR count). The lowest BCUT2D eigenvalue weighted by atomic mass is 10.0. The molecule has 138 valence electrons. The van der Waals surface area contributed by atoms with Crippen molar-refractivity contribution in [1.29, 1.82) is 0 Å². The summed E-state index contributed by atoms with van der Waals surface area (Å²) in [5, 5.41) is 5.74. The van der Waals surface area contributed by atoms with Gasteiger partial charge in [-0.05, 0) is 38.8 Å². The van der Waals surface area contributed by atoms with E-state index < -0.39 is 0 Å². The van der Waals surface area contributed by atoms with Crippen LogP contribution in [-0.2, 0) is 9.59 Å². The molecule has 1 heterocycles. The molecule has 0 bridgehead atoms. The molecule has 0 saturated carbocycles. The van der Waals surface area contributed by atoms with Crippen molar-refractivity contribution in [3.63, 3.8) is 0 Å². The fourth-order valence-corrected chi connectivity index (χ4v) is 3.36. The van der Waals surface area contributed by atoms with Gasteiger partial charge in [0.1, 0.15) is 0 Å². The first-order valence-electron chi connectivity index (χ1n) is 8.87. The number of likely N-dealkylation sites (N-methyl/N-ethyl adjacent to an activating group) is 1. The van der Waals surface area contributed by atoms with Gasteiger partial charge in [0.15, 0.2) is 0 Å². The topological polar surface area (TPSA) is 64.7 Å². The number of hydrogen-bond acceptors (Lipinski definition) is 4. The molecule has 6 nitrogen and oxygen atoms in total. The van der Waals surface area contributed by atoms with Gasteiger partial charge < -0.3 is 10.6 Å². The Morgan fingerprint density at radius 2 is 1.64 bits per heavy atom. The van der Waals surface area contributed by atoms with Crippen LogP contribution in [-0.4, -0.2) is 67.4 Å². The van der Waals surface area contributed by atoms with Gasteiger partial charge >= 0.3 is 0 Å². The highest BCUT2D eigenvalue weighted by Crippen LogP contribution is 2.22. The van der Waals surface area contributed by atoms with Crippen LogP contribution in [0.5, 0.6) is 0 Å². The molecule has 0 aromatic heterocycles. The molecule has 25 heavy (non-hydrogen) atoms. The lowest BCUT2D eigenvalue weighted by Crippen LogP contribution is -2.54. The maximum absolute atomic E-state index is 12.7. The van der Waals surface area contributed by atoms with E-state index in [0.29, 0.717) is 6.54 Å². The summed E-state index contributed by atoms with van der Waals surface area (Å²) >= 11 is 0. The van der Waals surface area contributed by atoms with Crippen molar-refractivity contribution in [2.24, 2.45) is 0 Å². The van der Waals surface area contributed by atoms with Gasteiger partial charge in [-0.25, -0.2) is 0 Å². The Labute approximate surface area is 150 Å². The van der Waals surface area contributed by atoms with Gasteiger partial charge in [0, 0.05) is 38.9 Å². The molecule has 0 aliphatic carbocycles. The van der Waals surface area contributed by atoms with Crippen molar-refractivity contribution >= 4 is 17.5 Å². The number of aryl methyl sites for hydroxylation is 3. The first kappa shape index (κ1) is 19.4. The molecular formula is C19H30N4O2. The molecule has 6 heteroatoms. The predicted molar refractivity (Wildman–Crippen MR) is 101 cm³/mol. The Morgan fingerprint density at radius 1 is 1.08 bits per heavy atom. The maximum Gasteiger partial charge on any atom is 0.241 e. The van der Waals surface area contributed by atoms with Gasteiger partial charge in [-0.3, -0.25) is 19.4 Å². The van der Waals surface area contributed by atoms with Gasteiger partial charge in [0.2, 0.25) is 11.8 Å². The number of amides is 2. The van der Waals surface area contributed by atoms with Crippen molar-refractivity contribution in [2.75, 3.05) is 45.1 Å². The van der Waals surface area contributed by atoms with Crippen LogP contribution in [0.1, 0.15) is 23.6 Å². The summed E-state index contributed by atoms with van der Waals surface area (Å²) in [7, 11) is 1.65. The number of carbonyl (C=O) groups excluding carboxylic acids is 2. The average molecular weight is 346 g/mol. The van der Waals surface area contributed by atoms with Gasteiger partial charge in [-0.2, -0.15) is 0 Å². The van der Waals surface area contributed by atoms with E-state index in [1.807, 2.05) is 20.8 Å². The number of piperazine rings is 1. The number of nitrogens with zero attached hydrogens (tertiary/aromatic N) is 2. The van der Waals surface area contributed by atoms with Crippen molar-refractivity contribution in [3.05, 3.63) is 28.8 Å². The summed E-state index contributed by atoms with van der Waals surface area (Å²) in [5.74, 6) is 0.0550. The zero-order valence-corrected chi connectivity index (χ0v) is 16.0. The first-order valence-corrected chi connectivity index (χ1v) is 8.87. The molecule has 0 spiro atoms. The fourth-order valence-electron chi connectivity index (χ4n) is 3.36. The molecule has 1 aliphatic rings. The second-order valence-electron chi connectivity index (χ2n) is 6.92. The molecule has 1 aliphatic heterocycles. The van der Waals surface area contributed by atoms with E-state index in [4.69, 9.17) is 0 Å². The number of hydrogen-bond donors (Lipinski definition) is 2. The van der Waals surface area contributed by atoms with Crippen LogP contribution in [0.15, 0.2) is 12.1 Å². The zero-order valence-electron chi connectivity index (χ0n) is 16.0. The van der Waals surface area contributed by atoms with Crippen molar-refractivity contribution in [3.8, 4) is 0 Å². The van der Waals surface area contributed by atoms with Gasteiger partial charge in [0.25, 0.3) is 0 Å². The molecular weight excluding hydrogens is 316 g/mol. The molecule has 1 aromatic carbocycles. The Morgan fingerprint density at radius 3 is 2.16 bits per heavy atom. The second kappa shape index (κ2) is 8.45. The zero-order chi connectivity index (χ0) is 18.6. The highest BCUT2D eigenvalue weighted by atomic mass is 16.2. The van der Waals surface area contributed by atoms with Crippen molar-refractivity contribution < 1.29 is 9.59 Å². The molecule has 0 radical (unpaired) electrons. The largest absolute Gasteiger partial charge is 0.358 e. The van der Waals surface area contributed by atoms with Crippen molar-refractivity contribution in [1.82, 2.24) is 15.1 Å². The van der Waals surface area contributed by atoms with Gasteiger partial charge in [-0.1, -0.05) is 17.7 Å². The Hall–Kier alpha value is -1.92. The minimum atomic E-state index is -0.192.